The molecule has 0 radical (unpaired) electrons. The van der Waals surface area contributed by atoms with Gasteiger partial charge in [0.2, 0.25) is 11.8 Å². The van der Waals surface area contributed by atoms with Gasteiger partial charge in [-0.2, -0.15) is 0 Å². The molecule has 0 aromatic heterocycles. The molecule has 29 heavy (non-hydrogen) atoms. The van der Waals surface area contributed by atoms with E-state index in [0.717, 1.165) is 17.5 Å². The maximum atomic E-state index is 13.0. The van der Waals surface area contributed by atoms with Gasteiger partial charge in [-0.25, -0.2) is 0 Å². The second kappa shape index (κ2) is 12.2. The molecule has 6 heteroatoms. The minimum atomic E-state index is -0.589. The molecule has 2 aromatic rings. The number of rotatable bonds is 11. The van der Waals surface area contributed by atoms with Crippen LogP contribution in [0, 0.1) is 0 Å². The topological polar surface area (TPSA) is 58.6 Å². The Balaban J connectivity index is 2.06. The summed E-state index contributed by atoms with van der Waals surface area (Å²) in [6, 6.07) is 16.3. The zero-order chi connectivity index (χ0) is 21.1. The second-order valence-electron chi connectivity index (χ2n) is 6.83. The fourth-order valence-electron chi connectivity index (χ4n) is 2.92. The van der Waals surface area contributed by atoms with Crippen LogP contribution < -0.4 is 5.32 Å². The fourth-order valence-corrected chi connectivity index (χ4v) is 3.05. The van der Waals surface area contributed by atoms with Gasteiger partial charge in [0, 0.05) is 31.3 Å². The molecule has 0 heterocycles. The first-order valence-corrected chi connectivity index (χ1v) is 10.3. The monoisotopic (exact) mass is 416 g/mol. The van der Waals surface area contributed by atoms with Crippen LogP contribution in [0.15, 0.2) is 54.6 Å². The number of carbonyl (C=O) groups is 2. The highest BCUT2D eigenvalue weighted by molar-refractivity contribution is 6.30. The average Bonchev–Trinajstić information content (AvgIpc) is 2.73. The molecule has 2 rings (SSSR count). The van der Waals surface area contributed by atoms with Crippen molar-refractivity contribution in [3.8, 4) is 0 Å². The van der Waals surface area contributed by atoms with Gasteiger partial charge in [0.1, 0.15) is 6.04 Å². The Hall–Kier alpha value is -2.37. The quantitative estimate of drug-likeness (QED) is 0.566. The van der Waals surface area contributed by atoms with Crippen LogP contribution in [0.5, 0.6) is 0 Å². The standard InChI is InChI=1S/C23H29ClN2O3/c1-3-29-15-7-14-25-23(28)18(2)26(17-20-10-12-21(24)13-11-20)22(27)16-19-8-5-4-6-9-19/h4-6,8-13,18H,3,7,14-17H2,1-2H3,(H,25,28). The molecule has 1 atom stereocenters. The van der Waals surface area contributed by atoms with Crippen LogP contribution in [0.25, 0.3) is 0 Å². The summed E-state index contributed by atoms with van der Waals surface area (Å²) in [5.74, 6) is -0.264. The summed E-state index contributed by atoms with van der Waals surface area (Å²) in [6.07, 6.45) is 0.984. The van der Waals surface area contributed by atoms with Gasteiger partial charge >= 0.3 is 0 Å². The van der Waals surface area contributed by atoms with Crippen LogP contribution in [0.2, 0.25) is 5.02 Å². The third kappa shape index (κ3) is 7.87. The molecule has 0 aliphatic carbocycles. The summed E-state index contributed by atoms with van der Waals surface area (Å²) < 4.78 is 5.29. The van der Waals surface area contributed by atoms with Crippen molar-refractivity contribution in [1.29, 1.82) is 0 Å². The summed E-state index contributed by atoms with van der Waals surface area (Å²) >= 11 is 5.97. The zero-order valence-electron chi connectivity index (χ0n) is 17.1. The van der Waals surface area contributed by atoms with E-state index in [1.807, 2.05) is 49.4 Å². The van der Waals surface area contributed by atoms with E-state index in [2.05, 4.69) is 5.32 Å². The van der Waals surface area contributed by atoms with Crippen molar-refractivity contribution in [2.45, 2.75) is 39.3 Å². The van der Waals surface area contributed by atoms with Crippen molar-refractivity contribution in [3.63, 3.8) is 0 Å². The Morgan fingerprint density at radius 1 is 1.07 bits per heavy atom. The zero-order valence-corrected chi connectivity index (χ0v) is 17.8. The molecule has 0 aliphatic rings. The maximum Gasteiger partial charge on any atom is 0.242 e. The van der Waals surface area contributed by atoms with E-state index in [1.54, 1.807) is 24.0 Å². The normalized spacial score (nSPS) is 11.7. The van der Waals surface area contributed by atoms with Crippen LogP contribution >= 0.6 is 11.6 Å². The van der Waals surface area contributed by atoms with E-state index in [4.69, 9.17) is 16.3 Å². The number of ether oxygens (including phenoxy) is 1. The molecular formula is C23H29ClN2O3. The summed E-state index contributed by atoms with van der Waals surface area (Å²) in [5.41, 5.74) is 1.84. The molecule has 0 aliphatic heterocycles. The second-order valence-corrected chi connectivity index (χ2v) is 7.26. The smallest absolute Gasteiger partial charge is 0.242 e. The van der Waals surface area contributed by atoms with E-state index >= 15 is 0 Å². The SMILES string of the molecule is CCOCCCNC(=O)C(C)N(Cc1ccc(Cl)cc1)C(=O)Cc1ccccc1. The highest BCUT2D eigenvalue weighted by Gasteiger charge is 2.26. The van der Waals surface area contributed by atoms with Gasteiger partial charge < -0.3 is 15.0 Å². The molecule has 156 valence electrons. The summed E-state index contributed by atoms with van der Waals surface area (Å²) in [7, 11) is 0. The van der Waals surface area contributed by atoms with Gasteiger partial charge in [0.15, 0.2) is 0 Å². The lowest BCUT2D eigenvalue weighted by atomic mass is 10.1. The van der Waals surface area contributed by atoms with Crippen LogP contribution in [0.4, 0.5) is 0 Å². The molecule has 5 nitrogen and oxygen atoms in total. The van der Waals surface area contributed by atoms with Crippen molar-refractivity contribution in [1.82, 2.24) is 10.2 Å². The van der Waals surface area contributed by atoms with Crippen LogP contribution in [-0.2, 0) is 27.3 Å². The maximum absolute atomic E-state index is 13.0. The lowest BCUT2D eigenvalue weighted by Crippen LogP contribution is -2.48. The third-order valence-corrected chi connectivity index (χ3v) is 4.85. The predicted octanol–water partition coefficient (Wildman–Crippen LogP) is 3.84. The van der Waals surface area contributed by atoms with Gasteiger partial charge in [-0.05, 0) is 43.5 Å². The Morgan fingerprint density at radius 3 is 2.41 bits per heavy atom. The molecule has 0 saturated heterocycles. The van der Waals surface area contributed by atoms with Gasteiger partial charge in [0.25, 0.3) is 0 Å². The van der Waals surface area contributed by atoms with E-state index < -0.39 is 6.04 Å². The number of nitrogens with one attached hydrogen (secondary N) is 1. The van der Waals surface area contributed by atoms with E-state index in [9.17, 15) is 9.59 Å². The highest BCUT2D eigenvalue weighted by atomic mass is 35.5. The molecule has 2 amide bonds. The number of benzene rings is 2. The van der Waals surface area contributed by atoms with Crippen LogP contribution in [0.3, 0.4) is 0 Å². The number of hydrogen-bond donors (Lipinski definition) is 1. The first-order valence-electron chi connectivity index (χ1n) is 9.94. The number of hydrogen-bond acceptors (Lipinski definition) is 3. The van der Waals surface area contributed by atoms with Crippen molar-refractivity contribution < 1.29 is 14.3 Å². The largest absolute Gasteiger partial charge is 0.382 e. The molecule has 0 saturated carbocycles. The van der Waals surface area contributed by atoms with Crippen molar-refractivity contribution in [2.75, 3.05) is 19.8 Å². The third-order valence-electron chi connectivity index (χ3n) is 4.60. The summed E-state index contributed by atoms with van der Waals surface area (Å²) in [6.45, 7) is 5.82. The first kappa shape index (κ1) is 22.9. The van der Waals surface area contributed by atoms with Crippen molar-refractivity contribution in [2.24, 2.45) is 0 Å². The van der Waals surface area contributed by atoms with Gasteiger partial charge in [-0.3, -0.25) is 9.59 Å². The molecule has 0 bridgehead atoms. The van der Waals surface area contributed by atoms with E-state index in [1.165, 1.54) is 0 Å². The first-order chi connectivity index (χ1) is 14.0. The summed E-state index contributed by atoms with van der Waals surface area (Å²) in [4.78, 5) is 27.3. The van der Waals surface area contributed by atoms with Crippen molar-refractivity contribution in [3.05, 3.63) is 70.7 Å². The number of carbonyl (C=O) groups excluding carboxylic acids is 2. The lowest BCUT2D eigenvalue weighted by molar-refractivity contribution is -0.140. The Kier molecular flexibility index (Phi) is 9.68. The Bertz CT molecular complexity index is 765. The van der Waals surface area contributed by atoms with E-state index in [-0.39, 0.29) is 18.2 Å². The highest BCUT2D eigenvalue weighted by Crippen LogP contribution is 2.15. The van der Waals surface area contributed by atoms with Crippen molar-refractivity contribution >= 4 is 23.4 Å². The summed E-state index contributed by atoms with van der Waals surface area (Å²) in [5, 5.41) is 3.54. The van der Waals surface area contributed by atoms with Crippen LogP contribution in [-0.4, -0.2) is 42.5 Å². The lowest BCUT2D eigenvalue weighted by Gasteiger charge is -2.29. The molecular weight excluding hydrogens is 388 g/mol. The average molecular weight is 417 g/mol. The molecule has 0 fully saturated rings. The molecule has 1 N–H and O–H groups in total. The fraction of sp³-hybridized carbons (Fsp3) is 0.391. The van der Waals surface area contributed by atoms with Gasteiger partial charge in [0.05, 0.1) is 6.42 Å². The van der Waals surface area contributed by atoms with E-state index in [0.29, 0.717) is 31.3 Å². The minimum absolute atomic E-state index is 0.0943. The number of amides is 2. The minimum Gasteiger partial charge on any atom is -0.382 e. The Labute approximate surface area is 178 Å². The molecule has 1 unspecified atom stereocenters. The van der Waals surface area contributed by atoms with Gasteiger partial charge in [-0.15, -0.1) is 0 Å². The Morgan fingerprint density at radius 2 is 1.76 bits per heavy atom. The predicted molar refractivity (Wildman–Crippen MR) is 116 cm³/mol. The van der Waals surface area contributed by atoms with Gasteiger partial charge in [-0.1, -0.05) is 54.1 Å². The number of nitrogens with zero attached hydrogens (tertiary/aromatic N) is 1. The molecule has 2 aromatic carbocycles. The molecule has 0 spiro atoms. The van der Waals surface area contributed by atoms with Crippen LogP contribution in [0.1, 0.15) is 31.4 Å². The number of halogens is 1.